The summed E-state index contributed by atoms with van der Waals surface area (Å²) in [6, 6.07) is 8.61. The third-order valence-electron chi connectivity index (χ3n) is 8.18. The van der Waals surface area contributed by atoms with Crippen LogP contribution < -0.4 is 4.90 Å². The van der Waals surface area contributed by atoms with Crippen LogP contribution in [-0.2, 0) is 19.5 Å². The Balaban J connectivity index is 1.07. The number of aromatic amines is 2. The molecule has 0 unspecified atom stereocenters. The van der Waals surface area contributed by atoms with Crippen molar-refractivity contribution in [1.29, 1.82) is 0 Å². The van der Waals surface area contributed by atoms with Gasteiger partial charge in [0.2, 0.25) is 0 Å². The Kier molecular flexibility index (Phi) is 6.34. The molecule has 0 atom stereocenters. The maximum Gasteiger partial charge on any atom is 0.274 e. The van der Waals surface area contributed by atoms with Gasteiger partial charge in [0, 0.05) is 31.6 Å². The molecule has 12 heteroatoms. The van der Waals surface area contributed by atoms with E-state index < -0.39 is 5.82 Å². The number of carbonyl (C=O) groups is 1. The number of aromatic hydroxyl groups is 1. The number of halogens is 1. The second-order valence-electron chi connectivity index (χ2n) is 10.9. The highest BCUT2D eigenvalue weighted by Crippen LogP contribution is 2.34. The topological polar surface area (TPSA) is 130 Å². The van der Waals surface area contributed by atoms with Crippen LogP contribution in [0, 0.1) is 5.82 Å². The standard InChI is InChI=1S/C30H30FN9O2/c1-3-17-11-26(41)21(31)12-20(17)18-4-5-19-22(10-18)36-37-28(19)29-34-24-15-40(16-25(24)35-29)30(42)23-13-33-27(14-32-23)39-8-6-38(2)7-9-39/h4-5,10-14,41H,3,6-9,15-16H2,1-2H3,(H,34,35)(H,36,37). The van der Waals surface area contributed by atoms with Crippen molar-refractivity contribution >= 4 is 22.6 Å². The van der Waals surface area contributed by atoms with Crippen molar-refractivity contribution < 1.29 is 14.3 Å². The molecule has 2 aliphatic heterocycles. The number of nitrogens with one attached hydrogen (secondary N) is 2. The van der Waals surface area contributed by atoms with Gasteiger partial charge in [-0.15, -0.1) is 0 Å². The molecular weight excluding hydrogens is 537 g/mol. The minimum atomic E-state index is -0.653. The molecule has 0 spiro atoms. The average molecular weight is 568 g/mol. The van der Waals surface area contributed by atoms with Crippen molar-refractivity contribution in [2.45, 2.75) is 26.4 Å². The van der Waals surface area contributed by atoms with Gasteiger partial charge in [-0.1, -0.05) is 13.0 Å². The summed E-state index contributed by atoms with van der Waals surface area (Å²) in [6.45, 7) is 6.44. The number of hydrogen-bond acceptors (Lipinski definition) is 8. The summed E-state index contributed by atoms with van der Waals surface area (Å²) < 4.78 is 14.2. The second-order valence-corrected chi connectivity index (χ2v) is 10.9. The Hall–Kier alpha value is -4.84. The van der Waals surface area contributed by atoms with Crippen LogP contribution >= 0.6 is 0 Å². The third-order valence-corrected chi connectivity index (χ3v) is 8.18. The summed E-state index contributed by atoms with van der Waals surface area (Å²) in [7, 11) is 2.10. The molecule has 5 heterocycles. The van der Waals surface area contributed by atoms with Gasteiger partial charge in [-0.3, -0.25) is 9.89 Å². The van der Waals surface area contributed by atoms with Gasteiger partial charge in [0.15, 0.2) is 17.4 Å². The first kappa shape index (κ1) is 26.1. The Morgan fingerprint density at radius 2 is 1.90 bits per heavy atom. The largest absolute Gasteiger partial charge is 0.505 e. The molecular formula is C30H30FN9O2. The number of fused-ring (bicyclic) bond motifs is 2. The fraction of sp³-hybridized carbons (Fsp3) is 0.300. The van der Waals surface area contributed by atoms with Gasteiger partial charge in [0.1, 0.15) is 17.2 Å². The van der Waals surface area contributed by atoms with Crippen LogP contribution in [0.3, 0.4) is 0 Å². The predicted octanol–water partition coefficient (Wildman–Crippen LogP) is 3.72. The van der Waals surface area contributed by atoms with Crippen molar-refractivity contribution in [3.8, 4) is 28.4 Å². The first-order chi connectivity index (χ1) is 20.4. The molecule has 0 radical (unpaired) electrons. The first-order valence-corrected chi connectivity index (χ1v) is 14.0. The van der Waals surface area contributed by atoms with E-state index in [0.29, 0.717) is 36.7 Å². The zero-order chi connectivity index (χ0) is 29.0. The van der Waals surface area contributed by atoms with Crippen molar-refractivity contribution in [3.63, 3.8) is 0 Å². The highest BCUT2D eigenvalue weighted by Gasteiger charge is 2.30. The van der Waals surface area contributed by atoms with E-state index in [1.165, 1.54) is 12.1 Å². The summed E-state index contributed by atoms with van der Waals surface area (Å²) in [5.74, 6) is 0.221. The van der Waals surface area contributed by atoms with Gasteiger partial charge >= 0.3 is 0 Å². The molecule has 11 nitrogen and oxygen atoms in total. The molecule has 0 bridgehead atoms. The van der Waals surface area contributed by atoms with Gasteiger partial charge in [-0.05, 0) is 54.4 Å². The number of benzene rings is 2. The van der Waals surface area contributed by atoms with E-state index in [1.54, 1.807) is 17.3 Å². The van der Waals surface area contributed by atoms with E-state index in [1.807, 2.05) is 25.1 Å². The molecule has 2 aliphatic rings. The van der Waals surface area contributed by atoms with E-state index in [2.05, 4.69) is 42.0 Å². The molecule has 0 saturated carbocycles. The fourth-order valence-electron chi connectivity index (χ4n) is 5.72. The van der Waals surface area contributed by atoms with Crippen LogP contribution in [-0.4, -0.2) is 84.2 Å². The molecule has 5 aromatic rings. The lowest BCUT2D eigenvalue weighted by atomic mass is 9.96. The average Bonchev–Trinajstić information content (AvgIpc) is 3.71. The van der Waals surface area contributed by atoms with Gasteiger partial charge in [0.05, 0.1) is 42.4 Å². The molecule has 2 aromatic carbocycles. The van der Waals surface area contributed by atoms with Gasteiger partial charge in [-0.25, -0.2) is 19.3 Å². The number of likely N-dealkylation sites (N-methyl/N-ethyl adjacent to an activating group) is 1. The van der Waals surface area contributed by atoms with E-state index >= 15 is 0 Å². The van der Waals surface area contributed by atoms with Crippen LogP contribution in [0.5, 0.6) is 5.75 Å². The van der Waals surface area contributed by atoms with Crippen LogP contribution in [0.2, 0.25) is 0 Å². The molecule has 7 rings (SSSR count). The Labute approximate surface area is 241 Å². The van der Waals surface area contributed by atoms with Crippen LogP contribution in [0.1, 0.15) is 34.4 Å². The monoisotopic (exact) mass is 567 g/mol. The normalized spacial score (nSPS) is 15.5. The van der Waals surface area contributed by atoms with Gasteiger partial charge in [0.25, 0.3) is 5.91 Å². The van der Waals surface area contributed by atoms with Crippen LogP contribution in [0.4, 0.5) is 10.2 Å². The van der Waals surface area contributed by atoms with Crippen molar-refractivity contribution in [1.82, 2.24) is 39.9 Å². The lowest BCUT2D eigenvalue weighted by Crippen LogP contribution is -2.44. The number of H-pyrrole nitrogens is 2. The summed E-state index contributed by atoms with van der Waals surface area (Å²) in [5.41, 5.74) is 5.82. The lowest BCUT2D eigenvalue weighted by molar-refractivity contribution is 0.0742. The number of carbonyl (C=O) groups excluding carboxylic acids is 1. The van der Waals surface area contributed by atoms with Crippen molar-refractivity contribution in [2.75, 3.05) is 38.1 Å². The minimum Gasteiger partial charge on any atom is -0.505 e. The van der Waals surface area contributed by atoms with E-state index in [9.17, 15) is 14.3 Å². The van der Waals surface area contributed by atoms with Gasteiger partial charge < -0.3 is 24.8 Å². The van der Waals surface area contributed by atoms with Crippen molar-refractivity contribution in [3.05, 3.63) is 71.2 Å². The Bertz CT molecular complexity index is 1780. The fourth-order valence-corrected chi connectivity index (χ4v) is 5.72. The maximum atomic E-state index is 14.2. The molecule has 0 aliphatic carbocycles. The molecule has 1 fully saturated rings. The number of anilines is 1. The SMILES string of the molecule is CCc1cc(O)c(F)cc1-c1ccc2c(-c3nc4c([nH]3)CN(C(=O)c3cnc(N5CCN(C)CC5)cn3)C4)n[nH]c2c1. The molecule has 42 heavy (non-hydrogen) atoms. The van der Waals surface area contributed by atoms with Crippen molar-refractivity contribution in [2.24, 2.45) is 0 Å². The lowest BCUT2D eigenvalue weighted by Gasteiger charge is -2.32. The zero-order valence-corrected chi connectivity index (χ0v) is 23.4. The summed E-state index contributed by atoms with van der Waals surface area (Å²) >= 11 is 0. The number of hydrogen-bond donors (Lipinski definition) is 3. The first-order valence-electron chi connectivity index (χ1n) is 14.0. The number of aromatic nitrogens is 6. The molecule has 3 aromatic heterocycles. The highest BCUT2D eigenvalue weighted by molar-refractivity contribution is 5.94. The van der Waals surface area contributed by atoms with Crippen LogP contribution in [0.15, 0.2) is 42.7 Å². The predicted molar refractivity (Wildman–Crippen MR) is 155 cm³/mol. The smallest absolute Gasteiger partial charge is 0.274 e. The van der Waals surface area contributed by atoms with Crippen LogP contribution in [0.25, 0.3) is 33.5 Å². The summed E-state index contributed by atoms with van der Waals surface area (Å²) in [5, 5.41) is 18.2. The summed E-state index contributed by atoms with van der Waals surface area (Å²) in [6.07, 6.45) is 3.89. The Morgan fingerprint density at radius 3 is 2.64 bits per heavy atom. The Morgan fingerprint density at radius 1 is 1.07 bits per heavy atom. The molecule has 1 amide bonds. The molecule has 3 N–H and O–H groups in total. The number of phenolic OH excluding ortho intramolecular Hbond substituents is 1. The number of imidazole rings is 1. The number of piperazine rings is 1. The third kappa shape index (κ3) is 4.53. The number of nitrogens with zero attached hydrogens (tertiary/aromatic N) is 7. The zero-order valence-electron chi connectivity index (χ0n) is 23.4. The van der Waals surface area contributed by atoms with E-state index in [-0.39, 0.29) is 11.7 Å². The second kappa shape index (κ2) is 10.2. The van der Waals surface area contributed by atoms with E-state index in [4.69, 9.17) is 4.98 Å². The van der Waals surface area contributed by atoms with Gasteiger partial charge in [-0.2, -0.15) is 5.10 Å². The van der Waals surface area contributed by atoms with E-state index in [0.717, 1.165) is 71.0 Å². The number of phenols is 1. The maximum absolute atomic E-state index is 14.2. The minimum absolute atomic E-state index is 0.185. The molecule has 214 valence electrons. The summed E-state index contributed by atoms with van der Waals surface area (Å²) in [4.78, 5) is 36.4. The quantitative estimate of drug-likeness (QED) is 0.293. The number of amides is 1. The number of rotatable bonds is 5. The molecule has 1 saturated heterocycles. The highest BCUT2D eigenvalue weighted by atomic mass is 19.1. The number of aryl methyl sites for hydroxylation is 1.